The number of nitrogens with zero attached hydrogens (tertiary/aromatic N) is 1. The van der Waals surface area contributed by atoms with Crippen LogP contribution in [-0.2, 0) is 16.0 Å². The number of ether oxygens (including phenoxy) is 1. The molecule has 124 valence electrons. The Morgan fingerprint density at radius 3 is 3.17 bits per heavy atom. The quantitative estimate of drug-likeness (QED) is 0.907. The van der Waals surface area contributed by atoms with Crippen molar-refractivity contribution in [3.63, 3.8) is 0 Å². The molecule has 5 heteroatoms. The number of hydrogen-bond donors (Lipinski definition) is 1. The third-order valence-electron chi connectivity index (χ3n) is 4.50. The van der Waals surface area contributed by atoms with Gasteiger partial charge in [-0.15, -0.1) is 0 Å². The molecule has 1 unspecified atom stereocenters. The molecule has 1 aliphatic heterocycles. The summed E-state index contributed by atoms with van der Waals surface area (Å²) in [6, 6.07) is 5.73. The number of benzene rings is 1. The summed E-state index contributed by atoms with van der Waals surface area (Å²) in [7, 11) is 0. The van der Waals surface area contributed by atoms with E-state index in [1.807, 2.05) is 36.2 Å². The molecule has 1 fully saturated rings. The third kappa shape index (κ3) is 3.88. The zero-order chi connectivity index (χ0) is 16.2. The average molecular weight is 335 g/mol. The smallest absolute Gasteiger partial charge is 0.227 e. The average Bonchev–Trinajstić information content (AvgIpc) is 2.95. The Kier molecular flexibility index (Phi) is 5.23. The second kappa shape index (κ2) is 7.37. The van der Waals surface area contributed by atoms with Gasteiger partial charge in [0.2, 0.25) is 5.91 Å². The molecule has 4 nitrogen and oxygen atoms in total. The van der Waals surface area contributed by atoms with Crippen LogP contribution in [0.4, 0.5) is 0 Å². The normalized spacial score (nSPS) is 18.5. The van der Waals surface area contributed by atoms with Crippen molar-refractivity contribution in [1.82, 2.24) is 9.88 Å². The predicted molar refractivity (Wildman–Crippen MR) is 92.8 cm³/mol. The van der Waals surface area contributed by atoms with E-state index >= 15 is 0 Å². The van der Waals surface area contributed by atoms with E-state index in [0.29, 0.717) is 17.4 Å². The molecule has 0 saturated carbocycles. The van der Waals surface area contributed by atoms with Gasteiger partial charge >= 0.3 is 0 Å². The van der Waals surface area contributed by atoms with Crippen LogP contribution in [0.5, 0.6) is 0 Å². The molecule has 1 aromatic carbocycles. The standard InChI is InChI=1S/C18H23ClN2O2/c1-2-23-12-13-4-3-7-21(11-13)18(22)8-14-10-20-17-6-5-15(19)9-16(14)17/h5-6,9-10,13,20H,2-4,7-8,11-12H2,1H3. The van der Waals surface area contributed by atoms with Gasteiger partial charge in [-0.25, -0.2) is 0 Å². The number of likely N-dealkylation sites (tertiary alicyclic amines) is 1. The zero-order valence-corrected chi connectivity index (χ0v) is 14.2. The van der Waals surface area contributed by atoms with Crippen LogP contribution in [0.2, 0.25) is 5.02 Å². The van der Waals surface area contributed by atoms with E-state index in [4.69, 9.17) is 16.3 Å². The minimum atomic E-state index is 0.187. The highest BCUT2D eigenvalue weighted by Gasteiger charge is 2.24. The fourth-order valence-electron chi connectivity index (χ4n) is 3.28. The van der Waals surface area contributed by atoms with Crippen molar-refractivity contribution in [2.75, 3.05) is 26.3 Å². The first-order valence-electron chi connectivity index (χ1n) is 8.28. The SMILES string of the molecule is CCOCC1CCCN(C(=O)Cc2c[nH]c3ccc(Cl)cc23)C1. The molecule has 3 rings (SSSR count). The van der Waals surface area contributed by atoms with Crippen molar-refractivity contribution in [3.05, 3.63) is 35.0 Å². The van der Waals surface area contributed by atoms with E-state index in [1.54, 1.807) is 0 Å². The molecule has 1 N–H and O–H groups in total. The van der Waals surface area contributed by atoms with Gasteiger partial charge < -0.3 is 14.6 Å². The van der Waals surface area contributed by atoms with Gasteiger partial charge in [0.15, 0.2) is 0 Å². The minimum Gasteiger partial charge on any atom is -0.381 e. The van der Waals surface area contributed by atoms with Gasteiger partial charge in [0, 0.05) is 41.8 Å². The molecule has 1 aromatic heterocycles. The molecule has 2 heterocycles. The van der Waals surface area contributed by atoms with E-state index in [0.717, 1.165) is 55.6 Å². The van der Waals surface area contributed by atoms with E-state index in [2.05, 4.69) is 4.98 Å². The number of rotatable bonds is 5. The highest BCUT2D eigenvalue weighted by molar-refractivity contribution is 6.31. The van der Waals surface area contributed by atoms with Crippen LogP contribution >= 0.6 is 11.6 Å². The van der Waals surface area contributed by atoms with Crippen molar-refractivity contribution in [2.45, 2.75) is 26.2 Å². The van der Waals surface area contributed by atoms with Gasteiger partial charge in [-0.1, -0.05) is 11.6 Å². The molecule has 1 amide bonds. The summed E-state index contributed by atoms with van der Waals surface area (Å²) in [5, 5.41) is 1.73. The molecule has 1 aliphatic rings. The molecule has 0 bridgehead atoms. The number of piperidine rings is 1. The van der Waals surface area contributed by atoms with Crippen molar-refractivity contribution in [1.29, 1.82) is 0 Å². The number of nitrogens with one attached hydrogen (secondary N) is 1. The van der Waals surface area contributed by atoms with Gasteiger partial charge in [-0.2, -0.15) is 0 Å². The molecular formula is C18H23ClN2O2. The number of aromatic amines is 1. The first kappa shape index (κ1) is 16.3. The molecular weight excluding hydrogens is 312 g/mol. The summed E-state index contributed by atoms with van der Waals surface area (Å²) in [6.45, 7) is 5.16. The van der Waals surface area contributed by atoms with Crippen LogP contribution in [-0.4, -0.2) is 42.1 Å². The monoisotopic (exact) mass is 334 g/mol. The summed E-state index contributed by atoms with van der Waals surface area (Å²) in [5.74, 6) is 0.650. The summed E-state index contributed by atoms with van der Waals surface area (Å²) < 4.78 is 5.52. The number of H-pyrrole nitrogens is 1. The maximum atomic E-state index is 12.7. The number of fused-ring (bicyclic) bond motifs is 1. The summed E-state index contributed by atoms with van der Waals surface area (Å²) in [4.78, 5) is 17.8. The lowest BCUT2D eigenvalue weighted by molar-refractivity contribution is -0.132. The van der Waals surface area contributed by atoms with Crippen LogP contribution in [0.25, 0.3) is 10.9 Å². The minimum absolute atomic E-state index is 0.187. The second-order valence-corrected chi connectivity index (χ2v) is 6.62. The zero-order valence-electron chi connectivity index (χ0n) is 13.5. The maximum Gasteiger partial charge on any atom is 0.227 e. The Hall–Kier alpha value is -1.52. The van der Waals surface area contributed by atoms with E-state index in [1.165, 1.54) is 0 Å². The van der Waals surface area contributed by atoms with Crippen LogP contribution < -0.4 is 0 Å². The highest BCUT2D eigenvalue weighted by atomic mass is 35.5. The fourth-order valence-corrected chi connectivity index (χ4v) is 3.46. The number of halogens is 1. The lowest BCUT2D eigenvalue weighted by Gasteiger charge is -2.32. The highest BCUT2D eigenvalue weighted by Crippen LogP contribution is 2.24. The van der Waals surface area contributed by atoms with Gasteiger partial charge in [0.25, 0.3) is 0 Å². The number of hydrogen-bond acceptors (Lipinski definition) is 2. The Morgan fingerprint density at radius 1 is 1.48 bits per heavy atom. The number of aromatic nitrogens is 1. The summed E-state index contributed by atoms with van der Waals surface area (Å²) in [6.07, 6.45) is 4.54. The Balaban J connectivity index is 1.67. The van der Waals surface area contributed by atoms with Gasteiger partial charge in [0.05, 0.1) is 13.0 Å². The van der Waals surface area contributed by atoms with E-state index < -0.39 is 0 Å². The first-order valence-corrected chi connectivity index (χ1v) is 8.66. The summed E-state index contributed by atoms with van der Waals surface area (Å²) >= 11 is 6.08. The van der Waals surface area contributed by atoms with Crippen molar-refractivity contribution in [3.8, 4) is 0 Å². The van der Waals surface area contributed by atoms with Crippen LogP contribution in [0.15, 0.2) is 24.4 Å². The Morgan fingerprint density at radius 2 is 2.35 bits per heavy atom. The summed E-state index contributed by atoms with van der Waals surface area (Å²) in [5.41, 5.74) is 2.03. The number of carbonyl (C=O) groups is 1. The Bertz CT molecular complexity index is 683. The molecule has 0 radical (unpaired) electrons. The van der Waals surface area contributed by atoms with Gasteiger partial charge in [-0.3, -0.25) is 4.79 Å². The van der Waals surface area contributed by atoms with E-state index in [-0.39, 0.29) is 5.91 Å². The topological polar surface area (TPSA) is 45.3 Å². The maximum absolute atomic E-state index is 12.7. The van der Waals surface area contributed by atoms with Gasteiger partial charge in [-0.05, 0) is 49.4 Å². The van der Waals surface area contributed by atoms with Crippen LogP contribution in [0.1, 0.15) is 25.3 Å². The molecule has 23 heavy (non-hydrogen) atoms. The molecule has 1 saturated heterocycles. The fraction of sp³-hybridized carbons (Fsp3) is 0.500. The van der Waals surface area contributed by atoms with Crippen molar-refractivity contribution in [2.24, 2.45) is 5.92 Å². The predicted octanol–water partition coefficient (Wildman–Crippen LogP) is 3.64. The molecule has 0 spiro atoms. The van der Waals surface area contributed by atoms with Crippen molar-refractivity contribution < 1.29 is 9.53 Å². The first-order chi connectivity index (χ1) is 11.2. The molecule has 0 aliphatic carbocycles. The second-order valence-electron chi connectivity index (χ2n) is 6.19. The lowest BCUT2D eigenvalue weighted by atomic mass is 9.98. The third-order valence-corrected chi connectivity index (χ3v) is 4.74. The molecule has 1 atom stereocenters. The van der Waals surface area contributed by atoms with Crippen LogP contribution in [0.3, 0.4) is 0 Å². The number of amides is 1. The Labute approximate surface area is 141 Å². The molecule has 2 aromatic rings. The lowest BCUT2D eigenvalue weighted by Crippen LogP contribution is -2.41. The van der Waals surface area contributed by atoms with Crippen LogP contribution in [0, 0.1) is 5.92 Å². The van der Waals surface area contributed by atoms with Gasteiger partial charge in [0.1, 0.15) is 0 Å². The van der Waals surface area contributed by atoms with E-state index in [9.17, 15) is 4.79 Å². The largest absolute Gasteiger partial charge is 0.381 e. The van der Waals surface area contributed by atoms with Crippen molar-refractivity contribution >= 4 is 28.4 Å². The number of carbonyl (C=O) groups excluding carboxylic acids is 1.